The average Bonchev–Trinajstić information content (AvgIpc) is 3.20. The first-order valence-electron chi connectivity index (χ1n) is 13.3. The van der Waals surface area contributed by atoms with Crippen molar-refractivity contribution in [2.75, 3.05) is 44.5 Å². The number of thiophene rings is 1. The highest BCUT2D eigenvalue weighted by Crippen LogP contribution is 2.44. The molecule has 1 aliphatic heterocycles. The maximum absolute atomic E-state index is 13.8. The van der Waals surface area contributed by atoms with Gasteiger partial charge in [0.2, 0.25) is 5.91 Å². The second-order valence-corrected chi connectivity index (χ2v) is 12.7. The lowest BCUT2D eigenvalue weighted by molar-refractivity contribution is -0.117. The molecule has 7 nitrogen and oxygen atoms in total. The van der Waals surface area contributed by atoms with Crippen LogP contribution in [-0.2, 0) is 17.6 Å². The molecule has 202 valence electrons. The Balaban J connectivity index is 1.62. The molecule has 1 aliphatic carbocycles. The molecule has 2 atom stereocenters. The highest BCUT2D eigenvalue weighted by Gasteiger charge is 2.34. The number of hydrogen-bond acceptors (Lipinski definition) is 6. The molecule has 4 rings (SSSR count). The molecule has 2 heterocycles. The Morgan fingerprint density at radius 1 is 1.14 bits per heavy atom. The quantitative estimate of drug-likeness (QED) is 0.473. The number of benzene rings is 1. The lowest BCUT2D eigenvalue weighted by Gasteiger charge is -2.33. The number of ether oxygens (including phenoxy) is 2. The zero-order valence-corrected chi connectivity index (χ0v) is 23.8. The third kappa shape index (κ3) is 6.47. The number of hydrogen-bond donors (Lipinski definition) is 2. The van der Waals surface area contributed by atoms with E-state index >= 15 is 0 Å². The monoisotopic (exact) mass is 527 g/mol. The first kappa shape index (κ1) is 27.5. The Kier molecular flexibility index (Phi) is 8.49. The molecule has 0 radical (unpaired) electrons. The summed E-state index contributed by atoms with van der Waals surface area (Å²) >= 11 is 1.56. The number of amides is 2. The van der Waals surface area contributed by atoms with Crippen molar-refractivity contribution in [2.24, 2.45) is 17.3 Å². The van der Waals surface area contributed by atoms with Crippen LogP contribution in [0, 0.1) is 17.3 Å². The number of likely N-dealkylation sites (tertiary alicyclic amines) is 1. The highest BCUT2D eigenvalue weighted by molar-refractivity contribution is 7.17. The van der Waals surface area contributed by atoms with E-state index in [2.05, 4.69) is 43.2 Å². The normalized spacial score (nSPS) is 20.2. The van der Waals surface area contributed by atoms with E-state index in [4.69, 9.17) is 9.47 Å². The molecule has 1 fully saturated rings. The van der Waals surface area contributed by atoms with Gasteiger partial charge in [0.1, 0.15) is 16.5 Å². The van der Waals surface area contributed by atoms with E-state index < -0.39 is 0 Å². The van der Waals surface area contributed by atoms with Gasteiger partial charge in [0.25, 0.3) is 5.91 Å². The Hall–Kier alpha value is -2.58. The van der Waals surface area contributed by atoms with Crippen molar-refractivity contribution in [3.8, 4) is 11.5 Å². The topological polar surface area (TPSA) is 79.9 Å². The van der Waals surface area contributed by atoms with Gasteiger partial charge in [0.05, 0.1) is 32.0 Å². The van der Waals surface area contributed by atoms with Crippen molar-refractivity contribution in [1.82, 2.24) is 4.90 Å². The number of methoxy groups -OCH3 is 2. The molecule has 0 bridgehead atoms. The van der Waals surface area contributed by atoms with E-state index in [0.29, 0.717) is 46.1 Å². The van der Waals surface area contributed by atoms with Gasteiger partial charge < -0.3 is 20.1 Å². The first-order valence-corrected chi connectivity index (χ1v) is 14.1. The maximum Gasteiger partial charge on any atom is 0.259 e. The summed E-state index contributed by atoms with van der Waals surface area (Å²) in [7, 11) is 3.16. The van der Waals surface area contributed by atoms with Gasteiger partial charge in [-0.2, -0.15) is 0 Å². The largest absolute Gasteiger partial charge is 0.497 e. The van der Waals surface area contributed by atoms with Crippen LogP contribution in [0.4, 0.5) is 10.7 Å². The summed E-state index contributed by atoms with van der Waals surface area (Å²) < 4.78 is 10.8. The predicted molar refractivity (Wildman–Crippen MR) is 150 cm³/mol. The predicted octanol–water partition coefficient (Wildman–Crippen LogP) is 5.84. The van der Waals surface area contributed by atoms with Crippen LogP contribution in [0.2, 0.25) is 0 Å². The average molecular weight is 528 g/mol. The summed E-state index contributed by atoms with van der Waals surface area (Å²) in [6, 6.07) is 5.31. The Morgan fingerprint density at radius 3 is 2.59 bits per heavy atom. The molecule has 2 aliphatic rings. The fourth-order valence-electron chi connectivity index (χ4n) is 5.55. The number of carbonyl (C=O) groups excluding carboxylic acids is 2. The molecule has 8 heteroatoms. The summed E-state index contributed by atoms with van der Waals surface area (Å²) in [5.41, 5.74) is 2.37. The summed E-state index contributed by atoms with van der Waals surface area (Å²) in [5, 5.41) is 6.80. The van der Waals surface area contributed by atoms with Gasteiger partial charge in [-0.05, 0) is 73.6 Å². The van der Waals surface area contributed by atoms with Crippen LogP contribution >= 0.6 is 11.3 Å². The van der Waals surface area contributed by atoms with E-state index in [9.17, 15) is 9.59 Å². The zero-order valence-electron chi connectivity index (χ0n) is 23.0. The molecule has 2 amide bonds. The maximum atomic E-state index is 13.8. The van der Waals surface area contributed by atoms with Crippen molar-refractivity contribution in [3.63, 3.8) is 0 Å². The van der Waals surface area contributed by atoms with Gasteiger partial charge in [-0.25, -0.2) is 0 Å². The van der Waals surface area contributed by atoms with Crippen LogP contribution in [0.15, 0.2) is 18.2 Å². The smallest absolute Gasteiger partial charge is 0.259 e. The summed E-state index contributed by atoms with van der Waals surface area (Å²) in [6.07, 6.45) is 5.10. The number of nitrogens with zero attached hydrogens (tertiary/aromatic N) is 1. The third-order valence-electron chi connectivity index (χ3n) is 7.73. The third-order valence-corrected chi connectivity index (χ3v) is 8.90. The van der Waals surface area contributed by atoms with Crippen LogP contribution in [0.3, 0.4) is 0 Å². The Morgan fingerprint density at radius 2 is 1.92 bits per heavy atom. The second-order valence-electron chi connectivity index (χ2n) is 11.6. The molecule has 2 aromatic rings. The molecule has 0 saturated carbocycles. The Bertz CT molecular complexity index is 1140. The van der Waals surface area contributed by atoms with Gasteiger partial charge in [-0.3, -0.25) is 14.5 Å². The first-order chi connectivity index (χ1) is 17.6. The molecule has 1 saturated heterocycles. The van der Waals surface area contributed by atoms with Crippen LogP contribution in [-0.4, -0.2) is 50.6 Å². The van der Waals surface area contributed by atoms with Crippen molar-refractivity contribution in [1.29, 1.82) is 0 Å². The van der Waals surface area contributed by atoms with Crippen molar-refractivity contribution in [3.05, 3.63) is 34.2 Å². The fourth-order valence-corrected chi connectivity index (χ4v) is 6.89. The fraction of sp³-hybridized carbons (Fsp3) is 0.586. The molecule has 0 spiro atoms. The lowest BCUT2D eigenvalue weighted by Crippen LogP contribution is -2.39. The van der Waals surface area contributed by atoms with E-state index in [1.54, 1.807) is 43.8 Å². The van der Waals surface area contributed by atoms with Gasteiger partial charge >= 0.3 is 0 Å². The standard InChI is InChI=1S/C29H41N3O4S/c1-18-8-7-13-32(16-18)17-25(33)31-28-26(21-11-9-19(29(2,3)4)14-24(21)37-28)27(34)30-22-15-20(35-5)10-12-23(22)36-6/h10,12,15,18-19H,7-9,11,13-14,16-17H2,1-6H3,(H,30,34)(H,31,33)/t18-,19+/m1/s1. The highest BCUT2D eigenvalue weighted by atomic mass is 32.1. The Labute approximate surface area is 224 Å². The zero-order chi connectivity index (χ0) is 26.7. The van der Waals surface area contributed by atoms with Crippen LogP contribution in [0.25, 0.3) is 0 Å². The molecule has 37 heavy (non-hydrogen) atoms. The minimum absolute atomic E-state index is 0.0620. The number of fused-ring (bicyclic) bond motifs is 1. The van der Waals surface area contributed by atoms with Crippen LogP contribution < -0.4 is 20.1 Å². The molecule has 0 unspecified atom stereocenters. The molecule has 1 aromatic carbocycles. The van der Waals surface area contributed by atoms with Crippen molar-refractivity contribution >= 4 is 33.8 Å². The van der Waals surface area contributed by atoms with Crippen LogP contribution in [0.1, 0.15) is 67.8 Å². The SMILES string of the molecule is COc1ccc(OC)c(NC(=O)c2c(NC(=O)CN3CCC[C@@H](C)C3)sc3c2CC[C@H](C(C)(C)C)C3)c1. The summed E-state index contributed by atoms with van der Waals surface area (Å²) in [5.74, 6) is 2.01. The summed E-state index contributed by atoms with van der Waals surface area (Å²) in [4.78, 5) is 30.3. The minimum Gasteiger partial charge on any atom is -0.497 e. The second kappa shape index (κ2) is 11.4. The molecular weight excluding hydrogens is 486 g/mol. The molecule has 2 N–H and O–H groups in total. The molecular formula is C29H41N3O4S. The van der Waals surface area contributed by atoms with Gasteiger partial charge in [0, 0.05) is 17.5 Å². The number of piperidine rings is 1. The van der Waals surface area contributed by atoms with E-state index in [1.807, 2.05) is 0 Å². The van der Waals surface area contributed by atoms with Gasteiger partial charge in [-0.1, -0.05) is 27.7 Å². The number of anilines is 2. The van der Waals surface area contributed by atoms with E-state index in [-0.39, 0.29) is 17.2 Å². The summed E-state index contributed by atoms with van der Waals surface area (Å²) in [6.45, 7) is 11.3. The number of rotatable bonds is 7. The van der Waals surface area contributed by atoms with Gasteiger partial charge in [0.15, 0.2) is 0 Å². The van der Waals surface area contributed by atoms with E-state index in [0.717, 1.165) is 44.3 Å². The van der Waals surface area contributed by atoms with Crippen molar-refractivity contribution < 1.29 is 19.1 Å². The number of carbonyl (C=O) groups is 2. The lowest BCUT2D eigenvalue weighted by atomic mass is 9.72. The number of nitrogens with one attached hydrogen (secondary N) is 2. The van der Waals surface area contributed by atoms with E-state index in [1.165, 1.54) is 11.3 Å². The van der Waals surface area contributed by atoms with Crippen LogP contribution in [0.5, 0.6) is 11.5 Å². The minimum atomic E-state index is -0.236. The molecule has 1 aromatic heterocycles. The van der Waals surface area contributed by atoms with Gasteiger partial charge in [-0.15, -0.1) is 11.3 Å². The van der Waals surface area contributed by atoms with Crippen molar-refractivity contribution in [2.45, 2.75) is 59.8 Å².